The second kappa shape index (κ2) is 2.31. The molecule has 1 rings (SSSR count). The topological polar surface area (TPSA) is 37.3 Å². The smallest absolute Gasteiger partial charge is 0.218 e. The molecular weight excluding hydrogens is 148 g/mol. The molecule has 0 atom stereocenters. The maximum atomic E-state index is 11.0. The average molecular weight is 158 g/mol. The molecule has 1 heterocycles. The van der Waals surface area contributed by atoms with Crippen LogP contribution in [0.5, 0.6) is 0 Å². The summed E-state index contributed by atoms with van der Waals surface area (Å²) in [5.74, 6) is 0. The second-order valence-electron chi connectivity index (χ2n) is 2.98. The molecule has 0 radical (unpaired) electrons. The van der Waals surface area contributed by atoms with Crippen molar-refractivity contribution in [1.82, 2.24) is 0 Å². The Bertz CT molecular complexity index is 194. The van der Waals surface area contributed by atoms with E-state index in [1.165, 1.54) is 11.8 Å². The van der Waals surface area contributed by atoms with Crippen molar-refractivity contribution in [2.24, 2.45) is 0 Å². The zero-order valence-corrected chi connectivity index (χ0v) is 6.86. The number of hydrogen-bond donors (Lipinski definition) is 1. The summed E-state index contributed by atoms with van der Waals surface area (Å²) < 4.78 is -0.0222. The van der Waals surface area contributed by atoms with Crippen LogP contribution in [0.15, 0.2) is 11.8 Å². The summed E-state index contributed by atoms with van der Waals surface area (Å²) in [6.45, 7) is 3.98. The summed E-state index contributed by atoms with van der Waals surface area (Å²) in [5.41, 5.74) is 0.537. The van der Waals surface area contributed by atoms with Crippen LogP contribution >= 0.6 is 11.8 Å². The van der Waals surface area contributed by atoms with E-state index in [4.69, 9.17) is 5.11 Å². The third kappa shape index (κ3) is 1.34. The van der Waals surface area contributed by atoms with Crippen LogP contribution in [-0.2, 0) is 4.79 Å². The normalized spacial score (nSPS) is 27.8. The molecule has 1 aliphatic heterocycles. The first-order valence-corrected chi connectivity index (χ1v) is 3.93. The molecular formula is C7H10O2S. The SMILES string of the molecule is CC1(C)C/C(=C\O)C(=O)S1. The zero-order chi connectivity index (χ0) is 7.78. The van der Waals surface area contributed by atoms with Gasteiger partial charge in [0, 0.05) is 10.3 Å². The van der Waals surface area contributed by atoms with Crippen LogP contribution in [0.2, 0.25) is 0 Å². The fourth-order valence-corrected chi connectivity index (χ4v) is 1.97. The van der Waals surface area contributed by atoms with Crippen LogP contribution in [0.3, 0.4) is 0 Å². The summed E-state index contributed by atoms with van der Waals surface area (Å²) in [6.07, 6.45) is 1.59. The lowest BCUT2D eigenvalue weighted by Gasteiger charge is -2.11. The molecule has 1 aliphatic rings. The first-order chi connectivity index (χ1) is 4.55. The minimum absolute atomic E-state index is 0.00694. The van der Waals surface area contributed by atoms with E-state index in [1.807, 2.05) is 13.8 Å². The molecule has 0 aromatic carbocycles. The van der Waals surface area contributed by atoms with Crippen LogP contribution in [-0.4, -0.2) is 15.0 Å². The van der Waals surface area contributed by atoms with E-state index in [1.54, 1.807) is 0 Å². The Morgan fingerprint density at radius 3 is 2.50 bits per heavy atom. The van der Waals surface area contributed by atoms with E-state index in [-0.39, 0.29) is 9.86 Å². The monoisotopic (exact) mass is 158 g/mol. The third-order valence-corrected chi connectivity index (χ3v) is 2.55. The van der Waals surface area contributed by atoms with Crippen molar-refractivity contribution in [2.75, 3.05) is 0 Å². The van der Waals surface area contributed by atoms with Crippen LogP contribution in [0.4, 0.5) is 0 Å². The van der Waals surface area contributed by atoms with Gasteiger partial charge in [-0.15, -0.1) is 0 Å². The minimum Gasteiger partial charge on any atom is -0.515 e. The Kier molecular flexibility index (Phi) is 1.77. The van der Waals surface area contributed by atoms with Gasteiger partial charge in [0.25, 0.3) is 0 Å². The molecule has 2 nitrogen and oxygen atoms in total. The highest BCUT2D eigenvalue weighted by Crippen LogP contribution is 2.41. The standard InChI is InChI=1S/C7H10O2S/c1-7(2)3-5(4-8)6(9)10-7/h4,8H,3H2,1-2H3/b5-4+. The fraction of sp³-hybridized carbons (Fsp3) is 0.571. The highest BCUT2D eigenvalue weighted by molar-refractivity contribution is 8.15. The summed E-state index contributed by atoms with van der Waals surface area (Å²) in [7, 11) is 0. The van der Waals surface area contributed by atoms with Gasteiger partial charge in [-0.2, -0.15) is 0 Å². The van der Waals surface area contributed by atoms with Gasteiger partial charge < -0.3 is 5.11 Å². The molecule has 0 saturated carbocycles. The molecule has 0 aliphatic carbocycles. The molecule has 1 N–H and O–H groups in total. The third-order valence-electron chi connectivity index (χ3n) is 1.40. The van der Waals surface area contributed by atoms with Crippen molar-refractivity contribution in [2.45, 2.75) is 25.0 Å². The Morgan fingerprint density at radius 2 is 2.30 bits per heavy atom. The number of thioether (sulfide) groups is 1. The van der Waals surface area contributed by atoms with Crippen LogP contribution < -0.4 is 0 Å². The molecule has 0 aromatic heterocycles. The van der Waals surface area contributed by atoms with Crippen molar-refractivity contribution in [3.05, 3.63) is 11.8 Å². The molecule has 1 saturated heterocycles. The number of hydrogen-bond acceptors (Lipinski definition) is 3. The lowest BCUT2D eigenvalue weighted by molar-refractivity contribution is -0.107. The molecule has 1 fully saturated rings. The highest BCUT2D eigenvalue weighted by Gasteiger charge is 2.34. The molecule has 0 amide bonds. The summed E-state index contributed by atoms with van der Waals surface area (Å²) in [5, 5.41) is 8.58. The molecule has 56 valence electrons. The van der Waals surface area contributed by atoms with E-state index in [0.29, 0.717) is 12.0 Å². The lowest BCUT2D eigenvalue weighted by atomic mass is 10.1. The number of carbonyl (C=O) groups excluding carboxylic acids is 1. The van der Waals surface area contributed by atoms with Gasteiger partial charge in [0.2, 0.25) is 5.12 Å². The Labute approximate surface area is 64.3 Å². The first kappa shape index (κ1) is 7.66. The van der Waals surface area contributed by atoms with Gasteiger partial charge in [0.15, 0.2) is 0 Å². The van der Waals surface area contributed by atoms with E-state index in [0.717, 1.165) is 6.26 Å². The zero-order valence-electron chi connectivity index (χ0n) is 6.05. The molecule has 0 bridgehead atoms. The molecule has 10 heavy (non-hydrogen) atoms. The van der Waals surface area contributed by atoms with E-state index in [9.17, 15) is 4.79 Å². The first-order valence-electron chi connectivity index (χ1n) is 3.12. The Morgan fingerprint density at radius 1 is 1.70 bits per heavy atom. The number of aliphatic hydroxyl groups excluding tert-OH is 1. The summed E-state index contributed by atoms with van der Waals surface area (Å²) in [6, 6.07) is 0. The largest absolute Gasteiger partial charge is 0.515 e. The maximum absolute atomic E-state index is 11.0. The van der Waals surface area contributed by atoms with Gasteiger partial charge in [0.1, 0.15) is 0 Å². The molecule has 3 heteroatoms. The molecule has 0 spiro atoms. The van der Waals surface area contributed by atoms with Gasteiger partial charge in [-0.1, -0.05) is 11.8 Å². The molecule has 0 unspecified atom stereocenters. The van der Waals surface area contributed by atoms with Gasteiger partial charge in [-0.3, -0.25) is 4.79 Å². The van der Waals surface area contributed by atoms with Crippen molar-refractivity contribution >= 4 is 16.9 Å². The number of carbonyl (C=O) groups is 1. The van der Waals surface area contributed by atoms with Crippen molar-refractivity contribution < 1.29 is 9.90 Å². The molecule has 0 aromatic rings. The van der Waals surface area contributed by atoms with Crippen LogP contribution in [0.1, 0.15) is 20.3 Å². The fourth-order valence-electron chi connectivity index (χ4n) is 0.982. The van der Waals surface area contributed by atoms with E-state index >= 15 is 0 Å². The minimum atomic E-state index is -0.0222. The van der Waals surface area contributed by atoms with Crippen molar-refractivity contribution in [3.8, 4) is 0 Å². The van der Waals surface area contributed by atoms with Gasteiger partial charge in [-0.05, 0) is 20.3 Å². The predicted octanol–water partition coefficient (Wildman–Crippen LogP) is 1.87. The lowest BCUT2D eigenvalue weighted by Crippen LogP contribution is -2.07. The summed E-state index contributed by atoms with van der Waals surface area (Å²) in [4.78, 5) is 11.0. The van der Waals surface area contributed by atoms with E-state index < -0.39 is 0 Å². The predicted molar refractivity (Wildman–Crippen MR) is 42.0 cm³/mol. The van der Waals surface area contributed by atoms with Gasteiger partial charge >= 0.3 is 0 Å². The Balaban J connectivity index is 2.81. The number of aliphatic hydroxyl groups is 1. The van der Waals surface area contributed by atoms with Crippen LogP contribution in [0.25, 0.3) is 0 Å². The van der Waals surface area contributed by atoms with Crippen molar-refractivity contribution in [3.63, 3.8) is 0 Å². The number of rotatable bonds is 0. The quantitative estimate of drug-likeness (QED) is 0.432. The van der Waals surface area contributed by atoms with Crippen LogP contribution in [0, 0.1) is 0 Å². The van der Waals surface area contributed by atoms with E-state index in [2.05, 4.69) is 0 Å². The maximum Gasteiger partial charge on any atom is 0.218 e. The Hall–Kier alpha value is -0.440. The van der Waals surface area contributed by atoms with Gasteiger partial charge in [0.05, 0.1) is 6.26 Å². The second-order valence-corrected chi connectivity index (χ2v) is 4.66. The van der Waals surface area contributed by atoms with Gasteiger partial charge in [-0.25, -0.2) is 0 Å². The average Bonchev–Trinajstić information content (AvgIpc) is 2.05. The highest BCUT2D eigenvalue weighted by atomic mass is 32.2. The van der Waals surface area contributed by atoms with Crippen molar-refractivity contribution in [1.29, 1.82) is 0 Å². The summed E-state index contributed by atoms with van der Waals surface area (Å²) >= 11 is 1.29.